The molecule has 0 saturated heterocycles. The fourth-order valence-corrected chi connectivity index (χ4v) is 2.00. The summed E-state index contributed by atoms with van der Waals surface area (Å²) in [6, 6.07) is 2.32. The van der Waals surface area contributed by atoms with Crippen LogP contribution in [0, 0.1) is 11.3 Å². The Morgan fingerprint density at radius 3 is 2.07 bits per heavy atom. The second-order valence-electron chi connectivity index (χ2n) is 4.21. The first-order valence-corrected chi connectivity index (χ1v) is 6.02. The van der Waals surface area contributed by atoms with E-state index in [1.165, 1.54) is 51.4 Å². The highest BCUT2D eigenvalue weighted by molar-refractivity contribution is 5.20. The molecule has 0 heterocycles. The van der Waals surface area contributed by atoms with Gasteiger partial charge in [0.15, 0.2) is 0 Å². The fraction of sp³-hybridized carbons (Fsp3) is 0.769. The van der Waals surface area contributed by atoms with Crippen LogP contribution in [0.25, 0.3) is 0 Å². The molecule has 1 aliphatic rings. The van der Waals surface area contributed by atoms with Crippen LogP contribution >= 0.6 is 0 Å². The monoisotopic (exact) mass is 191 g/mol. The molecule has 0 N–H and O–H groups in total. The smallest absolute Gasteiger partial charge is 0.0943 e. The third kappa shape index (κ3) is 5.07. The number of nitriles is 1. The summed E-state index contributed by atoms with van der Waals surface area (Å²) in [6.07, 6.45) is 15.0. The zero-order valence-corrected chi connectivity index (χ0v) is 9.10. The van der Waals surface area contributed by atoms with Crippen LogP contribution in [0.4, 0.5) is 0 Å². The number of hydrogen-bond acceptors (Lipinski definition) is 1. The minimum atomic E-state index is 1.01. The van der Waals surface area contributed by atoms with E-state index >= 15 is 0 Å². The number of allylic oxidation sites excluding steroid dienone is 2. The SMILES string of the molecule is N#CC1=CCCCCCCCCCC1. The van der Waals surface area contributed by atoms with Gasteiger partial charge >= 0.3 is 0 Å². The molecule has 0 fully saturated rings. The average molecular weight is 191 g/mol. The topological polar surface area (TPSA) is 23.8 Å². The van der Waals surface area contributed by atoms with Crippen molar-refractivity contribution >= 4 is 0 Å². The third-order valence-corrected chi connectivity index (χ3v) is 2.93. The van der Waals surface area contributed by atoms with E-state index in [9.17, 15) is 0 Å². The van der Waals surface area contributed by atoms with Crippen LogP contribution in [0.3, 0.4) is 0 Å². The van der Waals surface area contributed by atoms with E-state index < -0.39 is 0 Å². The molecule has 0 amide bonds. The zero-order chi connectivity index (χ0) is 10.1. The molecule has 0 saturated carbocycles. The fourth-order valence-electron chi connectivity index (χ4n) is 2.00. The van der Waals surface area contributed by atoms with Gasteiger partial charge in [0.1, 0.15) is 0 Å². The highest BCUT2D eigenvalue weighted by Crippen LogP contribution is 2.16. The van der Waals surface area contributed by atoms with E-state index in [1.807, 2.05) is 0 Å². The Morgan fingerprint density at radius 2 is 1.43 bits per heavy atom. The van der Waals surface area contributed by atoms with Crippen molar-refractivity contribution in [1.82, 2.24) is 0 Å². The number of rotatable bonds is 0. The first kappa shape index (κ1) is 11.3. The summed E-state index contributed by atoms with van der Waals surface area (Å²) in [4.78, 5) is 0. The summed E-state index contributed by atoms with van der Waals surface area (Å²) in [5.74, 6) is 0. The maximum absolute atomic E-state index is 8.88. The van der Waals surface area contributed by atoms with Gasteiger partial charge in [0.2, 0.25) is 0 Å². The summed E-state index contributed by atoms with van der Waals surface area (Å²) in [6.45, 7) is 0. The minimum absolute atomic E-state index is 1.01. The van der Waals surface area contributed by atoms with Crippen LogP contribution in [-0.4, -0.2) is 0 Å². The van der Waals surface area contributed by atoms with E-state index in [-0.39, 0.29) is 0 Å². The van der Waals surface area contributed by atoms with Crippen molar-refractivity contribution in [3.8, 4) is 6.07 Å². The van der Waals surface area contributed by atoms with Crippen molar-refractivity contribution in [2.45, 2.75) is 64.2 Å². The molecule has 0 aromatic carbocycles. The second kappa shape index (κ2) is 7.62. The molecular weight excluding hydrogens is 170 g/mol. The molecule has 1 aliphatic carbocycles. The molecule has 0 bridgehead atoms. The Bertz CT molecular complexity index is 210. The number of hydrogen-bond donors (Lipinski definition) is 0. The molecule has 78 valence electrons. The van der Waals surface area contributed by atoms with Crippen LogP contribution in [0.5, 0.6) is 0 Å². The Hall–Kier alpha value is -0.770. The maximum atomic E-state index is 8.88. The Labute approximate surface area is 87.8 Å². The average Bonchev–Trinajstić information content (AvgIpc) is 2.19. The van der Waals surface area contributed by atoms with E-state index in [2.05, 4.69) is 12.1 Å². The summed E-state index contributed by atoms with van der Waals surface area (Å²) in [5.41, 5.74) is 1.02. The minimum Gasteiger partial charge on any atom is -0.193 e. The molecule has 1 rings (SSSR count). The lowest BCUT2D eigenvalue weighted by Gasteiger charge is -2.04. The van der Waals surface area contributed by atoms with Gasteiger partial charge in [0, 0.05) is 5.57 Å². The molecule has 0 unspecified atom stereocenters. The molecule has 0 radical (unpaired) electrons. The van der Waals surface area contributed by atoms with Gasteiger partial charge in [-0.25, -0.2) is 0 Å². The molecule has 0 aliphatic heterocycles. The number of nitrogens with zero attached hydrogens (tertiary/aromatic N) is 1. The Morgan fingerprint density at radius 1 is 0.857 bits per heavy atom. The van der Waals surface area contributed by atoms with Gasteiger partial charge < -0.3 is 0 Å². The molecule has 0 aromatic rings. The molecule has 1 heteroatoms. The second-order valence-corrected chi connectivity index (χ2v) is 4.21. The molecule has 1 nitrogen and oxygen atoms in total. The largest absolute Gasteiger partial charge is 0.193 e. The summed E-state index contributed by atoms with van der Waals surface area (Å²) in [5, 5.41) is 8.88. The molecule has 14 heavy (non-hydrogen) atoms. The van der Waals surface area contributed by atoms with E-state index in [0.29, 0.717) is 0 Å². The van der Waals surface area contributed by atoms with E-state index in [0.717, 1.165) is 18.4 Å². The van der Waals surface area contributed by atoms with Crippen LogP contribution in [0.15, 0.2) is 11.6 Å². The van der Waals surface area contributed by atoms with E-state index in [1.54, 1.807) is 0 Å². The van der Waals surface area contributed by atoms with Gasteiger partial charge in [-0.3, -0.25) is 0 Å². The molecule has 0 aromatic heterocycles. The van der Waals surface area contributed by atoms with E-state index in [4.69, 9.17) is 5.26 Å². The molecular formula is C13H21N. The van der Waals surface area contributed by atoms with Crippen molar-refractivity contribution in [1.29, 1.82) is 5.26 Å². The lowest BCUT2D eigenvalue weighted by Crippen LogP contribution is -1.86. The predicted molar refractivity (Wildman–Crippen MR) is 59.9 cm³/mol. The summed E-state index contributed by atoms with van der Waals surface area (Å²) >= 11 is 0. The highest BCUT2D eigenvalue weighted by atomic mass is 14.2. The third-order valence-electron chi connectivity index (χ3n) is 2.93. The van der Waals surface area contributed by atoms with Crippen molar-refractivity contribution in [2.75, 3.05) is 0 Å². The van der Waals surface area contributed by atoms with Gasteiger partial charge in [-0.2, -0.15) is 5.26 Å². The molecule has 0 spiro atoms. The highest BCUT2D eigenvalue weighted by Gasteiger charge is 1.98. The van der Waals surface area contributed by atoms with Crippen molar-refractivity contribution in [3.05, 3.63) is 11.6 Å². The van der Waals surface area contributed by atoms with Gasteiger partial charge in [0.05, 0.1) is 6.07 Å². The standard InChI is InChI=1S/C13H21N/c14-12-13-10-8-6-4-2-1-3-5-7-9-11-13/h10H,1-9,11H2. The predicted octanol–water partition coefficient (Wildman–Crippen LogP) is 4.35. The summed E-state index contributed by atoms with van der Waals surface area (Å²) in [7, 11) is 0. The zero-order valence-electron chi connectivity index (χ0n) is 9.10. The Kier molecular flexibility index (Phi) is 6.15. The van der Waals surface area contributed by atoms with Gasteiger partial charge in [-0.05, 0) is 25.7 Å². The van der Waals surface area contributed by atoms with Crippen LogP contribution in [0.2, 0.25) is 0 Å². The lowest BCUT2D eigenvalue weighted by molar-refractivity contribution is 0.564. The normalized spacial score (nSPS) is 21.2. The van der Waals surface area contributed by atoms with Gasteiger partial charge in [-0.1, -0.05) is 44.6 Å². The quantitative estimate of drug-likeness (QED) is 0.558. The summed E-state index contributed by atoms with van der Waals surface area (Å²) < 4.78 is 0. The Balaban J connectivity index is 2.34. The lowest BCUT2D eigenvalue weighted by atomic mass is 10.0. The van der Waals surface area contributed by atoms with Crippen molar-refractivity contribution < 1.29 is 0 Å². The van der Waals surface area contributed by atoms with Gasteiger partial charge in [-0.15, -0.1) is 0 Å². The van der Waals surface area contributed by atoms with Crippen LogP contribution in [0.1, 0.15) is 64.2 Å². The van der Waals surface area contributed by atoms with Crippen LogP contribution < -0.4 is 0 Å². The maximum Gasteiger partial charge on any atom is 0.0943 e. The first-order chi connectivity index (χ1) is 6.93. The van der Waals surface area contributed by atoms with Gasteiger partial charge in [0.25, 0.3) is 0 Å². The molecule has 0 atom stereocenters. The van der Waals surface area contributed by atoms with Crippen molar-refractivity contribution in [2.24, 2.45) is 0 Å². The first-order valence-electron chi connectivity index (χ1n) is 6.02. The van der Waals surface area contributed by atoms with Crippen LogP contribution in [-0.2, 0) is 0 Å². The van der Waals surface area contributed by atoms with Crippen molar-refractivity contribution in [3.63, 3.8) is 0 Å².